The number of nitrogens with zero attached hydrogens (tertiary/aromatic N) is 11. The quantitative estimate of drug-likeness (QED) is 0.136. The summed E-state index contributed by atoms with van der Waals surface area (Å²) in [6, 6.07) is 102. The van der Waals surface area contributed by atoms with Crippen molar-refractivity contribution in [1.29, 1.82) is 0 Å². The predicted octanol–water partition coefficient (Wildman–Crippen LogP) is 25.8. The van der Waals surface area contributed by atoms with Crippen LogP contribution in [0.15, 0.2) is 328 Å². The van der Waals surface area contributed by atoms with E-state index < -0.39 is 10.8 Å². The average Bonchev–Trinajstić information content (AvgIpc) is 0.724. The zero-order valence-corrected chi connectivity index (χ0v) is 63.4. The second-order valence-electron chi connectivity index (χ2n) is 31.6. The van der Waals surface area contributed by atoms with Crippen molar-refractivity contribution in [3.8, 4) is 68.7 Å². The molecule has 1 atom stereocenters. The fraction of sp³-hybridized carbons (Fsp3) is 0.100. The van der Waals surface area contributed by atoms with E-state index in [0.717, 1.165) is 153 Å². The maximum atomic E-state index is 6.49. The molecular formula is C100H73N11O3. The molecule has 114 heavy (non-hydrogen) atoms. The Morgan fingerprint density at radius 2 is 0.491 bits per heavy atom. The third-order valence-electron chi connectivity index (χ3n) is 24.0. The third-order valence-corrected chi connectivity index (χ3v) is 24.0. The van der Waals surface area contributed by atoms with E-state index in [1.165, 1.54) is 33.4 Å². The topological polar surface area (TPSA) is 121 Å². The maximum absolute atomic E-state index is 6.49. The molecule has 0 fully saturated rings. The first kappa shape index (κ1) is 66.5. The fourth-order valence-corrected chi connectivity index (χ4v) is 18.5. The SMILES string of the molecule is CC1(C)c2ccccc2C(c2cnc(-c3cc(-c4ncc(N5c6ccccc6C(C)(C)c6cc(N7c8ccccc8Oc8ccccc87)ccc65)cn4)cc(-c4ncc(N5c6ccccc6C(C)(C)c6cc(N7c8ccccc8Oc8ccccc87)ccc65)cn4)c3)nc2)c2ccc(N3c4ccccc4Oc4ccccc43)cc21. The summed E-state index contributed by atoms with van der Waals surface area (Å²) >= 11 is 0. The highest BCUT2D eigenvalue weighted by Crippen LogP contribution is 2.60. The smallest absolute Gasteiger partial charge is 0.159 e. The summed E-state index contributed by atoms with van der Waals surface area (Å²) in [7, 11) is 0. The number of fused-ring (bicyclic) bond motifs is 12. The van der Waals surface area contributed by atoms with Gasteiger partial charge in [0.05, 0.1) is 93.0 Å². The first-order valence-corrected chi connectivity index (χ1v) is 38.7. The van der Waals surface area contributed by atoms with Crippen molar-refractivity contribution < 1.29 is 14.2 Å². The Hall–Kier alpha value is -14.5. The van der Waals surface area contributed by atoms with Gasteiger partial charge in [0.25, 0.3) is 0 Å². The molecule has 0 spiro atoms. The van der Waals surface area contributed by atoms with Gasteiger partial charge in [-0.1, -0.05) is 181 Å². The lowest BCUT2D eigenvalue weighted by atomic mass is 9.64. The Morgan fingerprint density at radius 1 is 0.228 bits per heavy atom. The van der Waals surface area contributed by atoms with Gasteiger partial charge in [0, 0.05) is 73.9 Å². The number of ether oxygens (including phenoxy) is 3. The van der Waals surface area contributed by atoms with Crippen LogP contribution in [0, 0.1) is 0 Å². The van der Waals surface area contributed by atoms with Gasteiger partial charge in [-0.2, -0.15) is 0 Å². The second kappa shape index (κ2) is 25.3. The fourth-order valence-electron chi connectivity index (χ4n) is 18.5. The van der Waals surface area contributed by atoms with Crippen LogP contribution in [0.3, 0.4) is 0 Å². The summed E-state index contributed by atoms with van der Waals surface area (Å²) in [4.78, 5) is 43.5. The van der Waals surface area contributed by atoms with Crippen LogP contribution in [0.1, 0.15) is 97.5 Å². The Morgan fingerprint density at radius 3 is 0.860 bits per heavy atom. The van der Waals surface area contributed by atoms with Gasteiger partial charge in [0.1, 0.15) is 0 Å². The highest BCUT2D eigenvalue weighted by Gasteiger charge is 2.43. The van der Waals surface area contributed by atoms with Crippen molar-refractivity contribution in [2.45, 2.75) is 63.7 Å². The van der Waals surface area contributed by atoms with E-state index in [1.54, 1.807) is 0 Å². The van der Waals surface area contributed by atoms with Gasteiger partial charge in [-0.25, -0.2) is 29.9 Å². The molecule has 14 heteroatoms. The van der Waals surface area contributed by atoms with Crippen molar-refractivity contribution in [3.63, 3.8) is 0 Å². The molecule has 3 aromatic heterocycles. The van der Waals surface area contributed by atoms with E-state index in [0.29, 0.717) is 17.5 Å². The molecule has 5 aliphatic heterocycles. The molecule has 0 saturated carbocycles. The second-order valence-corrected chi connectivity index (χ2v) is 31.6. The molecule has 0 radical (unpaired) electrons. The zero-order valence-electron chi connectivity index (χ0n) is 63.4. The minimum absolute atomic E-state index is 0.171. The number of aromatic nitrogens is 6. The molecule has 14 nitrogen and oxygen atoms in total. The highest BCUT2D eigenvalue weighted by molar-refractivity contribution is 5.95. The van der Waals surface area contributed by atoms with Gasteiger partial charge in [-0.15, -0.1) is 0 Å². The van der Waals surface area contributed by atoms with Crippen LogP contribution in [0.5, 0.6) is 34.5 Å². The van der Waals surface area contributed by atoms with E-state index in [9.17, 15) is 0 Å². The lowest BCUT2D eigenvalue weighted by Crippen LogP contribution is -2.31. The monoisotopic (exact) mass is 1480 g/mol. The molecule has 16 aromatic rings. The van der Waals surface area contributed by atoms with E-state index in [4.69, 9.17) is 44.1 Å². The predicted molar refractivity (Wildman–Crippen MR) is 453 cm³/mol. The standard InChI is InChI=1S/C100H73N11O3/c1-98(2)72-26-8-7-25-70(72)94(71-46-43-65(52-75(71)98)107-82-31-13-19-37-88(82)112-89-38-20-14-32-83(89)107)64-55-101-95(102-56-64)61-49-62(96-103-57-68(58-104-96)110-78-29-11-9-27-73(78)99(3,4)76-53-66(44-47-80(76)110)108-84-33-15-21-39-90(84)113-91-40-22-16-34-85(91)108)51-63(50-61)97-105-59-69(60-106-97)111-79-30-12-10-28-74(79)100(5,6)77-54-67(45-48-81(77)111)109-86-35-17-23-41-92(86)114-93-42-24-18-36-87(93)109/h7-60,94H,1-6H3. The number of hydrogen-bond acceptors (Lipinski definition) is 14. The van der Waals surface area contributed by atoms with Crippen LogP contribution in [0.25, 0.3) is 34.2 Å². The van der Waals surface area contributed by atoms with Crippen molar-refractivity contribution in [1.82, 2.24) is 29.9 Å². The number of benzene rings is 13. The maximum Gasteiger partial charge on any atom is 0.159 e. The Kier molecular flexibility index (Phi) is 14.7. The Labute approximate surface area is 660 Å². The van der Waals surface area contributed by atoms with E-state index >= 15 is 0 Å². The molecule has 1 aliphatic carbocycles. The first-order valence-electron chi connectivity index (χ1n) is 38.7. The molecule has 0 bridgehead atoms. The van der Waals surface area contributed by atoms with E-state index in [1.807, 2.05) is 110 Å². The van der Waals surface area contributed by atoms with Gasteiger partial charge in [0.2, 0.25) is 0 Å². The van der Waals surface area contributed by atoms with Crippen LogP contribution in [0.4, 0.5) is 85.3 Å². The molecule has 22 rings (SSSR count). The lowest BCUT2D eigenvalue weighted by Gasteiger charge is -2.42. The molecule has 1 unspecified atom stereocenters. The van der Waals surface area contributed by atoms with Gasteiger partial charge >= 0.3 is 0 Å². The molecule has 0 amide bonds. The summed E-state index contributed by atoms with van der Waals surface area (Å²) in [6.07, 6.45) is 11.8. The minimum atomic E-state index is -0.394. The van der Waals surface area contributed by atoms with Crippen molar-refractivity contribution in [3.05, 3.63) is 378 Å². The molecule has 0 saturated heterocycles. The lowest BCUT2D eigenvalue weighted by molar-refractivity contribution is 0.476. The van der Waals surface area contributed by atoms with Gasteiger partial charge in [-0.05, 0) is 196 Å². The number of anilines is 15. The van der Waals surface area contributed by atoms with Crippen molar-refractivity contribution in [2.24, 2.45) is 0 Å². The van der Waals surface area contributed by atoms with Gasteiger partial charge in [0.15, 0.2) is 52.0 Å². The third kappa shape index (κ3) is 10.3. The van der Waals surface area contributed by atoms with Crippen LogP contribution in [-0.4, -0.2) is 29.9 Å². The molecule has 546 valence electrons. The zero-order chi connectivity index (χ0) is 76.3. The molecule has 8 heterocycles. The highest BCUT2D eigenvalue weighted by atomic mass is 16.5. The molecular weight excluding hydrogens is 1400 g/mol. The Bertz CT molecular complexity index is 5860. The van der Waals surface area contributed by atoms with Gasteiger partial charge in [-0.3, -0.25) is 0 Å². The number of para-hydroxylation sites is 14. The van der Waals surface area contributed by atoms with Crippen LogP contribution in [0.2, 0.25) is 0 Å². The summed E-state index contributed by atoms with van der Waals surface area (Å²) in [5.41, 5.74) is 26.4. The minimum Gasteiger partial charge on any atom is -0.453 e. The summed E-state index contributed by atoms with van der Waals surface area (Å²) in [5, 5.41) is 0. The summed E-state index contributed by atoms with van der Waals surface area (Å²) < 4.78 is 19.4. The summed E-state index contributed by atoms with van der Waals surface area (Å²) in [5.74, 6) is 6.20. The molecule has 13 aromatic carbocycles. The largest absolute Gasteiger partial charge is 0.453 e. The van der Waals surface area contributed by atoms with Gasteiger partial charge < -0.3 is 38.7 Å². The Balaban J connectivity index is 0.653. The van der Waals surface area contributed by atoms with E-state index in [2.05, 4.69) is 284 Å². The van der Waals surface area contributed by atoms with E-state index in [-0.39, 0.29) is 11.3 Å². The normalized spacial score (nSPS) is 15.5. The van der Waals surface area contributed by atoms with Crippen LogP contribution >= 0.6 is 0 Å². The van der Waals surface area contributed by atoms with Crippen molar-refractivity contribution >= 4 is 85.3 Å². The number of hydrogen-bond donors (Lipinski definition) is 0. The van der Waals surface area contributed by atoms with Crippen LogP contribution < -0.4 is 38.7 Å². The average molecular weight is 1480 g/mol. The first-order chi connectivity index (χ1) is 55.8. The van der Waals surface area contributed by atoms with Crippen LogP contribution in [-0.2, 0) is 16.2 Å². The molecule has 6 aliphatic rings. The van der Waals surface area contributed by atoms with Crippen molar-refractivity contribution in [2.75, 3.05) is 24.5 Å². The summed E-state index contributed by atoms with van der Waals surface area (Å²) in [6.45, 7) is 13.9. The number of rotatable bonds is 9. The molecule has 0 N–H and O–H groups in total.